The fourth-order valence-corrected chi connectivity index (χ4v) is 2.63. The molecule has 8 heteroatoms. The number of benzene rings is 1. The summed E-state index contributed by atoms with van der Waals surface area (Å²) in [7, 11) is 1.23. The van der Waals surface area contributed by atoms with Crippen LogP contribution in [-0.2, 0) is 14.3 Å². The third-order valence-electron chi connectivity index (χ3n) is 3.06. The van der Waals surface area contributed by atoms with Crippen LogP contribution in [0.15, 0.2) is 29.6 Å². The van der Waals surface area contributed by atoms with E-state index in [4.69, 9.17) is 4.74 Å². The number of anilines is 1. The van der Waals surface area contributed by atoms with E-state index in [1.54, 1.807) is 12.3 Å². The molecule has 0 aliphatic carbocycles. The van der Waals surface area contributed by atoms with Crippen molar-refractivity contribution in [1.29, 1.82) is 0 Å². The largest absolute Gasteiger partial charge is 0.465 e. The van der Waals surface area contributed by atoms with Crippen molar-refractivity contribution in [1.82, 2.24) is 0 Å². The van der Waals surface area contributed by atoms with E-state index in [0.717, 1.165) is 17.4 Å². The number of carbonyl (C=O) groups is 3. The number of esters is 2. The second-order valence-electron chi connectivity index (χ2n) is 4.74. The zero-order valence-corrected chi connectivity index (χ0v) is 13.7. The SMILES string of the molecule is COC(=O)c1sccc1NC(=O)COC(=O)c1cc(F)ccc1C. The van der Waals surface area contributed by atoms with E-state index in [0.29, 0.717) is 5.56 Å². The van der Waals surface area contributed by atoms with Crippen molar-refractivity contribution in [2.45, 2.75) is 6.92 Å². The number of thiophene rings is 1. The van der Waals surface area contributed by atoms with E-state index in [1.807, 2.05) is 0 Å². The van der Waals surface area contributed by atoms with Gasteiger partial charge in [-0.05, 0) is 36.1 Å². The number of ether oxygens (including phenoxy) is 2. The van der Waals surface area contributed by atoms with Crippen LogP contribution in [0.25, 0.3) is 0 Å². The van der Waals surface area contributed by atoms with Crippen molar-refractivity contribution in [3.8, 4) is 0 Å². The molecule has 0 aliphatic rings. The number of hydrogen-bond acceptors (Lipinski definition) is 6. The van der Waals surface area contributed by atoms with Gasteiger partial charge < -0.3 is 14.8 Å². The molecule has 1 N–H and O–H groups in total. The zero-order chi connectivity index (χ0) is 17.7. The van der Waals surface area contributed by atoms with Crippen molar-refractivity contribution in [2.75, 3.05) is 19.0 Å². The molecular formula is C16H14FNO5S. The predicted octanol–water partition coefficient (Wildman–Crippen LogP) is 2.78. The first-order valence-corrected chi connectivity index (χ1v) is 7.69. The van der Waals surface area contributed by atoms with Crippen LogP contribution in [0.5, 0.6) is 0 Å². The lowest BCUT2D eigenvalue weighted by Gasteiger charge is -2.08. The van der Waals surface area contributed by atoms with Crippen molar-refractivity contribution < 1.29 is 28.2 Å². The summed E-state index contributed by atoms with van der Waals surface area (Å²) in [5.41, 5.74) is 0.857. The molecule has 0 saturated carbocycles. The molecular weight excluding hydrogens is 337 g/mol. The Balaban J connectivity index is 1.96. The molecule has 126 valence electrons. The lowest BCUT2D eigenvalue weighted by Crippen LogP contribution is -2.22. The van der Waals surface area contributed by atoms with Crippen LogP contribution in [0.4, 0.5) is 10.1 Å². The van der Waals surface area contributed by atoms with Crippen LogP contribution in [0.2, 0.25) is 0 Å². The molecule has 2 rings (SSSR count). The molecule has 0 unspecified atom stereocenters. The van der Waals surface area contributed by atoms with Gasteiger partial charge in [-0.1, -0.05) is 6.07 Å². The number of methoxy groups -OCH3 is 1. The number of nitrogens with one attached hydrogen (secondary N) is 1. The van der Waals surface area contributed by atoms with Crippen LogP contribution in [-0.4, -0.2) is 31.6 Å². The molecule has 0 atom stereocenters. The quantitative estimate of drug-likeness (QED) is 0.838. The molecule has 0 fully saturated rings. The Hall–Kier alpha value is -2.74. The van der Waals surface area contributed by atoms with Crippen LogP contribution in [0.1, 0.15) is 25.6 Å². The molecule has 0 radical (unpaired) electrons. The Morgan fingerprint density at radius 3 is 2.67 bits per heavy atom. The summed E-state index contributed by atoms with van der Waals surface area (Å²) in [6, 6.07) is 5.25. The summed E-state index contributed by atoms with van der Waals surface area (Å²) in [5.74, 6) is -2.58. The third kappa shape index (κ3) is 4.17. The van der Waals surface area contributed by atoms with Crippen LogP contribution in [0, 0.1) is 12.7 Å². The van der Waals surface area contributed by atoms with Gasteiger partial charge in [-0.15, -0.1) is 11.3 Å². The Morgan fingerprint density at radius 2 is 1.96 bits per heavy atom. The van der Waals surface area contributed by atoms with Gasteiger partial charge in [0.05, 0.1) is 18.4 Å². The predicted molar refractivity (Wildman–Crippen MR) is 85.7 cm³/mol. The molecule has 2 aromatic rings. The first kappa shape index (κ1) is 17.6. The fourth-order valence-electron chi connectivity index (χ4n) is 1.87. The number of hydrogen-bond donors (Lipinski definition) is 1. The Kier molecular flexibility index (Phi) is 5.64. The molecule has 1 amide bonds. The second kappa shape index (κ2) is 7.69. The van der Waals surface area contributed by atoms with E-state index in [9.17, 15) is 18.8 Å². The summed E-state index contributed by atoms with van der Waals surface area (Å²) in [6.45, 7) is 1.06. The van der Waals surface area contributed by atoms with Gasteiger partial charge >= 0.3 is 11.9 Å². The van der Waals surface area contributed by atoms with Gasteiger partial charge in [0, 0.05) is 0 Å². The van der Waals surface area contributed by atoms with E-state index in [-0.39, 0.29) is 16.1 Å². The number of rotatable bonds is 5. The van der Waals surface area contributed by atoms with Gasteiger partial charge in [0.15, 0.2) is 6.61 Å². The summed E-state index contributed by atoms with van der Waals surface area (Å²) >= 11 is 1.11. The van der Waals surface area contributed by atoms with Crippen molar-refractivity contribution in [3.05, 3.63) is 51.5 Å². The normalized spacial score (nSPS) is 10.1. The van der Waals surface area contributed by atoms with Crippen LogP contribution in [0.3, 0.4) is 0 Å². The van der Waals surface area contributed by atoms with Gasteiger partial charge in [0.1, 0.15) is 10.7 Å². The fraction of sp³-hybridized carbons (Fsp3) is 0.188. The lowest BCUT2D eigenvalue weighted by molar-refractivity contribution is -0.119. The minimum Gasteiger partial charge on any atom is -0.465 e. The molecule has 0 aliphatic heterocycles. The lowest BCUT2D eigenvalue weighted by atomic mass is 10.1. The van der Waals surface area contributed by atoms with Crippen LogP contribution < -0.4 is 5.32 Å². The van der Waals surface area contributed by atoms with E-state index in [1.165, 1.54) is 25.3 Å². The smallest absolute Gasteiger partial charge is 0.350 e. The maximum absolute atomic E-state index is 13.2. The molecule has 1 heterocycles. The number of amides is 1. The highest BCUT2D eigenvalue weighted by Gasteiger charge is 2.17. The van der Waals surface area contributed by atoms with Gasteiger partial charge in [-0.25, -0.2) is 14.0 Å². The van der Waals surface area contributed by atoms with Gasteiger partial charge in [0.25, 0.3) is 5.91 Å². The topological polar surface area (TPSA) is 81.7 Å². The highest BCUT2D eigenvalue weighted by atomic mass is 32.1. The van der Waals surface area contributed by atoms with Crippen molar-refractivity contribution >= 4 is 34.9 Å². The van der Waals surface area contributed by atoms with Crippen molar-refractivity contribution in [2.24, 2.45) is 0 Å². The Labute approximate surface area is 141 Å². The van der Waals surface area contributed by atoms with E-state index >= 15 is 0 Å². The first-order valence-electron chi connectivity index (χ1n) is 6.81. The highest BCUT2D eigenvalue weighted by Crippen LogP contribution is 2.23. The van der Waals surface area contributed by atoms with Gasteiger partial charge in [-0.2, -0.15) is 0 Å². The second-order valence-corrected chi connectivity index (χ2v) is 5.65. The number of aryl methyl sites for hydroxylation is 1. The Morgan fingerprint density at radius 1 is 1.21 bits per heavy atom. The first-order chi connectivity index (χ1) is 11.4. The van der Waals surface area contributed by atoms with E-state index < -0.39 is 30.3 Å². The summed E-state index contributed by atoms with van der Waals surface area (Å²) in [5, 5.41) is 4.07. The Bertz CT molecular complexity index is 787. The number of halogens is 1. The molecule has 0 bridgehead atoms. The molecule has 6 nitrogen and oxygen atoms in total. The summed E-state index contributed by atoms with van der Waals surface area (Å²) < 4.78 is 22.6. The summed E-state index contributed by atoms with van der Waals surface area (Å²) in [4.78, 5) is 35.5. The number of carbonyl (C=O) groups excluding carboxylic acids is 3. The zero-order valence-electron chi connectivity index (χ0n) is 12.9. The average molecular weight is 351 g/mol. The maximum atomic E-state index is 13.2. The molecule has 1 aromatic heterocycles. The van der Waals surface area contributed by atoms with Gasteiger partial charge in [0.2, 0.25) is 0 Å². The maximum Gasteiger partial charge on any atom is 0.350 e. The monoisotopic (exact) mass is 351 g/mol. The van der Waals surface area contributed by atoms with Crippen LogP contribution >= 0.6 is 11.3 Å². The average Bonchev–Trinajstić information content (AvgIpc) is 3.02. The summed E-state index contributed by atoms with van der Waals surface area (Å²) in [6.07, 6.45) is 0. The molecule has 0 saturated heterocycles. The molecule has 24 heavy (non-hydrogen) atoms. The highest BCUT2D eigenvalue weighted by molar-refractivity contribution is 7.12. The van der Waals surface area contributed by atoms with E-state index in [2.05, 4.69) is 10.1 Å². The molecule has 1 aromatic carbocycles. The minimum absolute atomic E-state index is 0.0496. The standard InChI is InChI=1S/C16H14FNO5S/c1-9-3-4-10(17)7-11(9)15(20)23-8-13(19)18-12-5-6-24-14(12)16(21)22-2/h3-7H,8H2,1-2H3,(H,18,19). The minimum atomic E-state index is -0.805. The van der Waals surface area contributed by atoms with Crippen molar-refractivity contribution in [3.63, 3.8) is 0 Å². The third-order valence-corrected chi connectivity index (χ3v) is 3.96. The molecule has 0 spiro atoms. The van der Waals surface area contributed by atoms with Gasteiger partial charge in [-0.3, -0.25) is 4.79 Å².